The van der Waals surface area contributed by atoms with E-state index in [1.807, 2.05) is 0 Å². The summed E-state index contributed by atoms with van der Waals surface area (Å²) in [6.45, 7) is 4.64. The Morgan fingerprint density at radius 3 is 2.75 bits per heavy atom. The Morgan fingerprint density at radius 2 is 2.04 bits per heavy atom. The number of hydrogen-bond acceptors (Lipinski definition) is 6. The SMILES string of the molecule is N#Cc1ccc(NCC(=O)NCCN2CCC3(C2)OCCO3)cc1. The zero-order valence-electron chi connectivity index (χ0n) is 13.6. The Bertz CT molecular complexity index is 605. The molecule has 2 fully saturated rings. The number of nitrogens with one attached hydrogen (secondary N) is 2. The molecular formula is C17H22N4O3. The van der Waals surface area contributed by atoms with Crippen LogP contribution >= 0.6 is 0 Å². The van der Waals surface area contributed by atoms with Gasteiger partial charge in [-0.3, -0.25) is 9.69 Å². The van der Waals surface area contributed by atoms with Gasteiger partial charge in [0.05, 0.1) is 37.9 Å². The minimum Gasteiger partial charge on any atom is -0.376 e. The van der Waals surface area contributed by atoms with Crippen molar-refractivity contribution in [2.45, 2.75) is 12.2 Å². The lowest BCUT2D eigenvalue weighted by Gasteiger charge is -2.22. The Kier molecular flexibility index (Phi) is 5.30. The van der Waals surface area contributed by atoms with Crippen molar-refractivity contribution in [3.05, 3.63) is 29.8 Å². The maximum absolute atomic E-state index is 11.9. The summed E-state index contributed by atoms with van der Waals surface area (Å²) >= 11 is 0. The Morgan fingerprint density at radius 1 is 1.29 bits per heavy atom. The number of carbonyl (C=O) groups excluding carboxylic acids is 1. The number of benzene rings is 1. The van der Waals surface area contributed by atoms with E-state index >= 15 is 0 Å². The molecule has 0 unspecified atom stereocenters. The summed E-state index contributed by atoms with van der Waals surface area (Å²) in [5.74, 6) is -0.456. The number of anilines is 1. The van der Waals surface area contributed by atoms with E-state index in [-0.39, 0.29) is 12.5 Å². The van der Waals surface area contributed by atoms with Crippen molar-refractivity contribution in [3.63, 3.8) is 0 Å². The average molecular weight is 330 g/mol. The fourth-order valence-corrected chi connectivity index (χ4v) is 3.01. The largest absolute Gasteiger partial charge is 0.376 e. The van der Waals surface area contributed by atoms with Crippen LogP contribution < -0.4 is 10.6 Å². The van der Waals surface area contributed by atoms with Gasteiger partial charge >= 0.3 is 0 Å². The third-order valence-electron chi connectivity index (χ3n) is 4.30. The fraction of sp³-hybridized carbons (Fsp3) is 0.529. The topological polar surface area (TPSA) is 86.6 Å². The predicted molar refractivity (Wildman–Crippen MR) is 88.3 cm³/mol. The van der Waals surface area contributed by atoms with Crippen LogP contribution in [0.3, 0.4) is 0 Å². The molecule has 3 rings (SSSR count). The first-order valence-electron chi connectivity index (χ1n) is 8.20. The minimum atomic E-state index is -0.402. The van der Waals surface area contributed by atoms with Gasteiger partial charge in [0.2, 0.25) is 5.91 Å². The molecular weight excluding hydrogens is 308 g/mol. The molecule has 0 aliphatic carbocycles. The maximum atomic E-state index is 11.9. The highest BCUT2D eigenvalue weighted by molar-refractivity contribution is 5.80. The molecule has 2 heterocycles. The Labute approximate surface area is 141 Å². The number of carbonyl (C=O) groups is 1. The van der Waals surface area contributed by atoms with Crippen molar-refractivity contribution in [2.24, 2.45) is 0 Å². The Hall–Kier alpha value is -2.14. The standard InChI is InChI=1S/C17H22N4O3/c18-11-14-1-3-15(4-2-14)20-12-16(22)19-6-8-21-7-5-17(13-21)23-9-10-24-17/h1-4,20H,5-10,12-13H2,(H,19,22). The molecule has 7 nitrogen and oxygen atoms in total. The van der Waals surface area contributed by atoms with Crippen molar-refractivity contribution in [1.29, 1.82) is 5.26 Å². The first kappa shape index (κ1) is 16.7. The third-order valence-corrected chi connectivity index (χ3v) is 4.30. The van der Waals surface area contributed by atoms with Gasteiger partial charge in [-0.25, -0.2) is 0 Å². The van der Waals surface area contributed by atoms with Crippen LogP contribution in [-0.4, -0.2) is 62.5 Å². The van der Waals surface area contributed by atoms with E-state index in [2.05, 4.69) is 21.6 Å². The summed E-state index contributed by atoms with van der Waals surface area (Å²) in [6.07, 6.45) is 0.890. The summed E-state index contributed by atoms with van der Waals surface area (Å²) in [5, 5.41) is 14.7. The molecule has 2 saturated heterocycles. The molecule has 7 heteroatoms. The van der Waals surface area contributed by atoms with Gasteiger partial charge in [0, 0.05) is 31.7 Å². The molecule has 0 bridgehead atoms. The molecule has 24 heavy (non-hydrogen) atoms. The highest BCUT2D eigenvalue weighted by Crippen LogP contribution is 2.29. The lowest BCUT2D eigenvalue weighted by molar-refractivity contribution is -0.145. The molecule has 2 N–H and O–H groups in total. The van der Waals surface area contributed by atoms with Gasteiger partial charge in [-0.15, -0.1) is 0 Å². The van der Waals surface area contributed by atoms with Gasteiger partial charge in [0.1, 0.15) is 0 Å². The van der Waals surface area contributed by atoms with Crippen molar-refractivity contribution in [3.8, 4) is 6.07 Å². The summed E-state index contributed by atoms with van der Waals surface area (Å²) in [7, 11) is 0. The lowest BCUT2D eigenvalue weighted by Crippen LogP contribution is -2.39. The molecule has 128 valence electrons. The van der Waals surface area contributed by atoms with Crippen LogP contribution in [0.5, 0.6) is 0 Å². The van der Waals surface area contributed by atoms with Crippen molar-refractivity contribution in [1.82, 2.24) is 10.2 Å². The number of rotatable bonds is 6. The summed E-state index contributed by atoms with van der Waals surface area (Å²) < 4.78 is 11.4. The molecule has 0 aromatic heterocycles. The fourth-order valence-electron chi connectivity index (χ4n) is 3.01. The van der Waals surface area contributed by atoms with Crippen LogP contribution in [0.2, 0.25) is 0 Å². The number of ether oxygens (including phenoxy) is 2. The van der Waals surface area contributed by atoms with Crippen LogP contribution in [0.15, 0.2) is 24.3 Å². The predicted octanol–water partition coefficient (Wildman–Crippen LogP) is 0.535. The van der Waals surface area contributed by atoms with Crippen molar-refractivity contribution >= 4 is 11.6 Å². The number of nitriles is 1. The number of likely N-dealkylation sites (tertiary alicyclic amines) is 1. The van der Waals surface area contributed by atoms with E-state index in [1.165, 1.54) is 0 Å². The van der Waals surface area contributed by atoms with Crippen LogP contribution in [0.25, 0.3) is 0 Å². The van der Waals surface area contributed by atoms with E-state index in [0.717, 1.165) is 31.7 Å². The van der Waals surface area contributed by atoms with E-state index in [1.54, 1.807) is 24.3 Å². The zero-order chi connectivity index (χ0) is 16.8. The first-order chi connectivity index (χ1) is 11.7. The van der Waals surface area contributed by atoms with Gasteiger partial charge in [-0.05, 0) is 24.3 Å². The molecule has 0 radical (unpaired) electrons. The normalized spacial score (nSPS) is 19.3. The van der Waals surface area contributed by atoms with Gasteiger partial charge in [-0.2, -0.15) is 5.26 Å². The summed E-state index contributed by atoms with van der Waals surface area (Å²) in [6, 6.07) is 9.08. The van der Waals surface area contributed by atoms with E-state index in [9.17, 15) is 4.79 Å². The molecule has 1 aromatic rings. The van der Waals surface area contributed by atoms with E-state index in [0.29, 0.717) is 25.3 Å². The number of nitrogens with zero attached hydrogens (tertiary/aromatic N) is 2. The van der Waals surface area contributed by atoms with Crippen LogP contribution in [0.4, 0.5) is 5.69 Å². The van der Waals surface area contributed by atoms with Gasteiger partial charge < -0.3 is 20.1 Å². The summed E-state index contributed by atoms with van der Waals surface area (Å²) in [4.78, 5) is 14.1. The highest BCUT2D eigenvalue weighted by atomic mass is 16.7. The van der Waals surface area contributed by atoms with Crippen LogP contribution in [-0.2, 0) is 14.3 Å². The molecule has 2 aliphatic rings. The quantitative estimate of drug-likeness (QED) is 0.791. The second-order valence-electron chi connectivity index (χ2n) is 6.03. The molecule has 1 amide bonds. The average Bonchev–Trinajstić information content (AvgIpc) is 3.23. The molecule has 1 spiro atoms. The van der Waals surface area contributed by atoms with Crippen molar-refractivity contribution in [2.75, 3.05) is 51.3 Å². The number of hydrogen-bond donors (Lipinski definition) is 2. The number of amides is 1. The first-order valence-corrected chi connectivity index (χ1v) is 8.20. The highest BCUT2D eigenvalue weighted by Gasteiger charge is 2.42. The smallest absolute Gasteiger partial charge is 0.239 e. The van der Waals surface area contributed by atoms with E-state index in [4.69, 9.17) is 14.7 Å². The second kappa shape index (κ2) is 7.62. The van der Waals surface area contributed by atoms with Gasteiger partial charge in [-0.1, -0.05) is 0 Å². The van der Waals surface area contributed by atoms with Crippen molar-refractivity contribution < 1.29 is 14.3 Å². The molecule has 0 saturated carbocycles. The monoisotopic (exact) mass is 330 g/mol. The molecule has 2 aliphatic heterocycles. The zero-order valence-corrected chi connectivity index (χ0v) is 13.6. The minimum absolute atomic E-state index is 0.0540. The molecule has 1 aromatic carbocycles. The Balaban J connectivity index is 1.32. The van der Waals surface area contributed by atoms with Gasteiger partial charge in [0.25, 0.3) is 0 Å². The summed E-state index contributed by atoms with van der Waals surface area (Å²) in [5.41, 5.74) is 1.42. The molecule has 0 atom stereocenters. The van der Waals surface area contributed by atoms with Crippen LogP contribution in [0, 0.1) is 11.3 Å². The maximum Gasteiger partial charge on any atom is 0.239 e. The van der Waals surface area contributed by atoms with Crippen LogP contribution in [0.1, 0.15) is 12.0 Å². The van der Waals surface area contributed by atoms with Gasteiger partial charge in [0.15, 0.2) is 5.79 Å². The second-order valence-corrected chi connectivity index (χ2v) is 6.03. The van der Waals surface area contributed by atoms with E-state index < -0.39 is 5.79 Å². The third kappa shape index (κ3) is 4.23. The lowest BCUT2D eigenvalue weighted by atomic mass is 10.2.